The molecule has 2 nitrogen and oxygen atoms in total. The molecule has 0 aliphatic heterocycles. The number of allylic oxidation sites excluding steroid dienone is 8. The number of hydrogen-bond donors (Lipinski definition) is 0. The number of carbonyl (C=O) groups is 1. The first kappa shape index (κ1) is 21.4. The predicted octanol–water partition coefficient (Wildman–Crippen LogP) is 6.04. The summed E-state index contributed by atoms with van der Waals surface area (Å²) in [6, 6.07) is 0. The topological polar surface area (TPSA) is 26.3 Å². The van der Waals surface area contributed by atoms with Crippen molar-refractivity contribution in [2.45, 2.75) is 66.2 Å². The molecule has 0 aromatic carbocycles. The maximum absolute atomic E-state index is 11.6. The molecule has 0 saturated carbocycles. The highest BCUT2D eigenvalue weighted by Gasteiger charge is 2.26. The molecule has 0 bridgehead atoms. The van der Waals surface area contributed by atoms with Crippen molar-refractivity contribution in [1.82, 2.24) is 0 Å². The fourth-order valence-electron chi connectivity index (χ4n) is 3.69. The van der Waals surface area contributed by atoms with Crippen molar-refractivity contribution >= 4 is 23.1 Å². The van der Waals surface area contributed by atoms with E-state index in [0.717, 1.165) is 22.4 Å². The Hall–Kier alpha value is -1.92. The molecule has 0 amide bonds. The van der Waals surface area contributed by atoms with Crippen LogP contribution in [-0.2, 0) is 9.53 Å². The van der Waals surface area contributed by atoms with Gasteiger partial charge in [0.2, 0.25) is 0 Å². The molecule has 27 heavy (non-hydrogen) atoms. The van der Waals surface area contributed by atoms with Crippen molar-refractivity contribution in [1.29, 1.82) is 0 Å². The molecule has 0 aromatic rings. The third-order valence-corrected chi connectivity index (χ3v) is 5.62. The molecule has 0 heterocycles. The van der Waals surface area contributed by atoms with Crippen molar-refractivity contribution in [2.75, 3.05) is 6.61 Å². The van der Waals surface area contributed by atoms with Crippen molar-refractivity contribution in [3.8, 4) is 11.8 Å². The summed E-state index contributed by atoms with van der Waals surface area (Å²) in [5.74, 6) is 6.21. The van der Waals surface area contributed by atoms with Crippen molar-refractivity contribution < 1.29 is 9.53 Å². The summed E-state index contributed by atoms with van der Waals surface area (Å²) in [7, 11) is 0. The van der Waals surface area contributed by atoms with Crippen molar-refractivity contribution in [3.05, 3.63) is 46.6 Å². The fraction of sp³-hybridized carbons (Fsp3) is 0.500. The highest BCUT2D eigenvalue weighted by Crippen LogP contribution is 2.40. The molecule has 3 heteroatoms. The molecular weight excluding hydrogens is 352 g/mol. The second-order valence-electron chi connectivity index (χ2n) is 7.80. The highest BCUT2D eigenvalue weighted by molar-refractivity contribution is 7.80. The first-order valence-corrected chi connectivity index (χ1v) is 10.2. The Morgan fingerprint density at radius 1 is 1.41 bits per heavy atom. The third-order valence-electron chi connectivity index (χ3n) is 5.19. The van der Waals surface area contributed by atoms with E-state index in [4.69, 9.17) is 17.0 Å². The number of carbonyl (C=O) groups excluding carboxylic acids is 1. The Morgan fingerprint density at radius 3 is 2.89 bits per heavy atom. The molecule has 0 spiro atoms. The fourth-order valence-corrected chi connectivity index (χ4v) is 3.93. The minimum absolute atomic E-state index is 0.176. The van der Waals surface area contributed by atoms with Gasteiger partial charge in [-0.2, -0.15) is 0 Å². The number of esters is 1. The van der Waals surface area contributed by atoms with Gasteiger partial charge in [-0.15, -0.1) is 0 Å². The smallest absolute Gasteiger partial charge is 0.306 e. The van der Waals surface area contributed by atoms with Gasteiger partial charge in [-0.1, -0.05) is 55.6 Å². The quantitative estimate of drug-likeness (QED) is 0.329. The molecule has 2 aliphatic rings. The monoisotopic (exact) mass is 382 g/mol. The molecule has 0 atom stereocenters. The van der Waals surface area contributed by atoms with Gasteiger partial charge in [0, 0.05) is 23.3 Å². The van der Waals surface area contributed by atoms with Crippen LogP contribution < -0.4 is 0 Å². The zero-order chi connectivity index (χ0) is 19.9. The molecule has 0 unspecified atom stereocenters. The van der Waals surface area contributed by atoms with E-state index in [1.807, 2.05) is 19.1 Å². The van der Waals surface area contributed by atoms with Gasteiger partial charge in [-0.25, -0.2) is 0 Å². The molecule has 0 saturated heterocycles. The molecule has 0 radical (unpaired) electrons. The molecule has 0 N–H and O–H groups in total. The minimum atomic E-state index is -0.176. The van der Waals surface area contributed by atoms with Gasteiger partial charge in [0.05, 0.1) is 6.61 Å². The Labute approximate surface area is 169 Å². The van der Waals surface area contributed by atoms with Crippen LogP contribution in [-0.4, -0.2) is 17.4 Å². The molecule has 2 aliphatic carbocycles. The Bertz CT molecular complexity index is 779. The third kappa shape index (κ3) is 6.33. The number of thiocarbonyl (C=S) groups is 1. The summed E-state index contributed by atoms with van der Waals surface area (Å²) >= 11 is 5.42. The first-order chi connectivity index (χ1) is 12.8. The van der Waals surface area contributed by atoms with Crippen LogP contribution in [0, 0.1) is 17.3 Å². The van der Waals surface area contributed by atoms with E-state index in [1.54, 1.807) is 0 Å². The lowest BCUT2D eigenvalue weighted by Crippen LogP contribution is -2.18. The van der Waals surface area contributed by atoms with Crippen LogP contribution in [0.4, 0.5) is 0 Å². The Kier molecular flexibility index (Phi) is 7.80. The van der Waals surface area contributed by atoms with E-state index in [-0.39, 0.29) is 11.4 Å². The summed E-state index contributed by atoms with van der Waals surface area (Å²) in [4.78, 5) is 12.5. The predicted molar refractivity (Wildman–Crippen MR) is 116 cm³/mol. The van der Waals surface area contributed by atoms with Gasteiger partial charge in [0.1, 0.15) is 0 Å². The highest BCUT2D eigenvalue weighted by atomic mass is 32.1. The number of ether oxygens (including phenoxy) is 1. The maximum Gasteiger partial charge on any atom is 0.306 e. The van der Waals surface area contributed by atoms with Crippen LogP contribution in [0.25, 0.3) is 0 Å². The van der Waals surface area contributed by atoms with Gasteiger partial charge in [-0.3, -0.25) is 4.79 Å². The standard InChI is InChI=1S/C24H30O2S/c1-5-26-23(25)15-13-20-17-19(12-14-22(20)27)10-6-7-11-21-18(2)9-8-16-24(21,3)4/h7,11-12,17H,5,8-9,13-16H2,1-4H3. The van der Waals surface area contributed by atoms with E-state index in [9.17, 15) is 4.79 Å². The van der Waals surface area contributed by atoms with E-state index in [2.05, 4.69) is 44.8 Å². The minimum Gasteiger partial charge on any atom is -0.466 e. The van der Waals surface area contributed by atoms with E-state index in [1.165, 1.54) is 30.4 Å². The second-order valence-corrected chi connectivity index (χ2v) is 8.29. The normalized spacial score (nSPS) is 19.3. The molecular formula is C24H30O2S. The zero-order valence-electron chi connectivity index (χ0n) is 17.0. The van der Waals surface area contributed by atoms with Crippen LogP contribution in [0.1, 0.15) is 66.2 Å². The SMILES string of the molecule is CCOC(=O)CCC1=CC(C#CC=CC2=C(C)CCCC2(C)C)=CCC1=S. The number of rotatable bonds is 5. The van der Waals surface area contributed by atoms with Gasteiger partial charge in [0.15, 0.2) is 0 Å². The summed E-state index contributed by atoms with van der Waals surface area (Å²) in [5.41, 5.74) is 5.14. The number of hydrogen-bond acceptors (Lipinski definition) is 3. The summed E-state index contributed by atoms with van der Waals surface area (Å²) in [6.07, 6.45) is 13.6. The molecule has 144 valence electrons. The molecule has 0 aromatic heterocycles. The average Bonchev–Trinajstić information content (AvgIpc) is 2.60. The zero-order valence-corrected chi connectivity index (χ0v) is 17.8. The second kappa shape index (κ2) is 9.85. The lowest BCUT2D eigenvalue weighted by molar-refractivity contribution is -0.143. The van der Waals surface area contributed by atoms with Crippen LogP contribution >= 0.6 is 12.2 Å². The van der Waals surface area contributed by atoms with Gasteiger partial charge < -0.3 is 4.74 Å². The van der Waals surface area contributed by atoms with E-state index < -0.39 is 0 Å². The van der Waals surface area contributed by atoms with Gasteiger partial charge in [0.25, 0.3) is 0 Å². The van der Waals surface area contributed by atoms with Crippen LogP contribution in [0.2, 0.25) is 0 Å². The molecule has 0 fully saturated rings. The van der Waals surface area contributed by atoms with Crippen molar-refractivity contribution in [3.63, 3.8) is 0 Å². The lowest BCUT2D eigenvalue weighted by Gasteiger charge is -2.32. The Balaban J connectivity index is 2.03. The first-order valence-electron chi connectivity index (χ1n) is 9.81. The van der Waals surface area contributed by atoms with Gasteiger partial charge >= 0.3 is 5.97 Å². The summed E-state index contributed by atoms with van der Waals surface area (Å²) in [5, 5.41) is 0. The average molecular weight is 383 g/mol. The van der Waals surface area contributed by atoms with Crippen LogP contribution in [0.15, 0.2) is 46.6 Å². The Morgan fingerprint density at radius 2 is 2.19 bits per heavy atom. The van der Waals surface area contributed by atoms with E-state index >= 15 is 0 Å². The lowest BCUT2D eigenvalue weighted by atomic mass is 9.73. The largest absolute Gasteiger partial charge is 0.466 e. The van der Waals surface area contributed by atoms with E-state index in [0.29, 0.717) is 19.4 Å². The van der Waals surface area contributed by atoms with Crippen molar-refractivity contribution in [2.24, 2.45) is 5.41 Å². The van der Waals surface area contributed by atoms with Crippen LogP contribution in [0.3, 0.4) is 0 Å². The summed E-state index contributed by atoms with van der Waals surface area (Å²) < 4.78 is 4.99. The van der Waals surface area contributed by atoms with Crippen LogP contribution in [0.5, 0.6) is 0 Å². The maximum atomic E-state index is 11.6. The summed E-state index contributed by atoms with van der Waals surface area (Å²) in [6.45, 7) is 9.09. The molecule has 2 rings (SSSR count). The van der Waals surface area contributed by atoms with Gasteiger partial charge in [-0.05, 0) is 68.2 Å².